The Morgan fingerprint density at radius 1 is 1.05 bits per heavy atom. The van der Waals surface area contributed by atoms with Crippen LogP contribution in [-0.2, 0) is 11.3 Å². The van der Waals surface area contributed by atoms with E-state index in [0.29, 0.717) is 22.0 Å². The Bertz CT molecular complexity index is 593. The predicted molar refractivity (Wildman–Crippen MR) is 93.9 cm³/mol. The summed E-state index contributed by atoms with van der Waals surface area (Å²) in [6.07, 6.45) is 0. The monoisotopic (exact) mass is 394 g/mol. The average Bonchev–Trinajstić information content (AvgIpc) is 2.52. The molecule has 0 bridgehead atoms. The van der Waals surface area contributed by atoms with Gasteiger partial charge in [-0.1, -0.05) is 85.0 Å². The summed E-state index contributed by atoms with van der Waals surface area (Å²) in [5.41, 5.74) is 2.72. The number of hydrogen-bond donors (Lipinski definition) is 0. The molecule has 0 fully saturated rings. The number of carbonyl (C=O) groups is 1. The van der Waals surface area contributed by atoms with Crippen LogP contribution in [0.5, 0.6) is 0 Å². The Hall–Kier alpha value is -1.36. The lowest BCUT2D eigenvalue weighted by atomic mass is 9.94. The van der Waals surface area contributed by atoms with Crippen LogP contribution in [0.3, 0.4) is 0 Å². The summed E-state index contributed by atoms with van der Waals surface area (Å²) in [4.78, 5) is 12.3. The summed E-state index contributed by atoms with van der Waals surface area (Å²) in [7, 11) is 0. The van der Waals surface area contributed by atoms with Crippen LogP contribution in [-0.4, -0.2) is 9.89 Å². The summed E-state index contributed by atoms with van der Waals surface area (Å²) >= 11 is 2.39. The number of esters is 1. The van der Waals surface area contributed by atoms with E-state index in [1.54, 1.807) is 0 Å². The minimum Gasteiger partial charge on any atom is -0.457 e. The maximum atomic E-state index is 12.3. The van der Waals surface area contributed by atoms with Crippen LogP contribution in [0, 0.1) is 0 Å². The van der Waals surface area contributed by atoms with E-state index in [-0.39, 0.29) is 5.97 Å². The molecule has 0 spiro atoms. The van der Waals surface area contributed by atoms with E-state index in [4.69, 9.17) is 4.74 Å². The number of hydrogen-bond acceptors (Lipinski definition) is 2. The highest BCUT2D eigenvalue weighted by Gasteiger charge is 2.19. The van der Waals surface area contributed by atoms with E-state index < -0.39 is 0 Å². The molecular weight excluding hydrogens is 375 g/mol. The molecule has 2 atom stereocenters. The molecule has 0 aliphatic rings. The molecule has 2 aromatic carbocycles. The lowest BCUT2D eigenvalue weighted by Crippen LogP contribution is -2.13. The van der Waals surface area contributed by atoms with Crippen molar-refractivity contribution in [3.05, 3.63) is 71.3 Å². The van der Waals surface area contributed by atoms with Crippen LogP contribution in [0.15, 0.2) is 54.6 Å². The van der Waals surface area contributed by atoms with Crippen molar-refractivity contribution in [1.82, 2.24) is 0 Å². The van der Waals surface area contributed by atoms with Gasteiger partial charge in [0.1, 0.15) is 6.61 Å². The first-order valence-electron chi connectivity index (χ1n) is 7.03. The quantitative estimate of drug-likeness (QED) is 0.407. The van der Waals surface area contributed by atoms with E-state index in [0.717, 1.165) is 11.1 Å². The van der Waals surface area contributed by atoms with E-state index in [2.05, 4.69) is 36.4 Å². The molecule has 2 rings (SSSR count). The summed E-state index contributed by atoms with van der Waals surface area (Å²) < 4.78 is 5.89. The number of halogens is 1. The summed E-state index contributed by atoms with van der Waals surface area (Å²) in [5, 5.41) is 0. The van der Waals surface area contributed by atoms with Gasteiger partial charge in [0.15, 0.2) is 0 Å². The van der Waals surface area contributed by atoms with Crippen LogP contribution in [0.1, 0.15) is 41.3 Å². The lowest BCUT2D eigenvalue weighted by molar-refractivity contribution is 0.0471. The smallest absolute Gasteiger partial charge is 0.338 e. The second-order valence-corrected chi connectivity index (χ2v) is 7.08. The molecule has 2 aromatic rings. The Labute approximate surface area is 139 Å². The molecule has 0 aliphatic carbocycles. The molecule has 0 aromatic heterocycles. The normalized spacial score (nSPS) is 13.5. The molecule has 0 amide bonds. The van der Waals surface area contributed by atoms with E-state index >= 15 is 0 Å². The van der Waals surface area contributed by atoms with Crippen LogP contribution in [0.2, 0.25) is 0 Å². The Morgan fingerprint density at radius 2 is 1.67 bits per heavy atom. The fraction of sp³-hybridized carbons (Fsp3) is 0.278. The topological polar surface area (TPSA) is 26.3 Å². The maximum Gasteiger partial charge on any atom is 0.338 e. The van der Waals surface area contributed by atoms with Crippen molar-refractivity contribution in [3.8, 4) is 0 Å². The first-order chi connectivity index (χ1) is 10.1. The zero-order valence-electron chi connectivity index (χ0n) is 12.3. The lowest BCUT2D eigenvalue weighted by Gasteiger charge is -2.18. The summed E-state index contributed by atoms with van der Waals surface area (Å²) in [5.74, 6) is 0.0597. The molecule has 0 N–H and O–H groups in total. The highest BCUT2D eigenvalue weighted by atomic mass is 127. The van der Waals surface area contributed by atoms with E-state index in [1.165, 1.54) is 0 Å². The van der Waals surface area contributed by atoms with Gasteiger partial charge >= 0.3 is 5.97 Å². The van der Waals surface area contributed by atoms with Crippen LogP contribution in [0.25, 0.3) is 0 Å². The largest absolute Gasteiger partial charge is 0.457 e. The number of rotatable bonds is 5. The van der Waals surface area contributed by atoms with Gasteiger partial charge in [-0.05, 0) is 23.1 Å². The molecule has 2 nitrogen and oxygen atoms in total. The van der Waals surface area contributed by atoms with Gasteiger partial charge in [0.2, 0.25) is 0 Å². The second-order valence-electron chi connectivity index (χ2n) is 5.12. The third kappa shape index (κ3) is 4.30. The molecular formula is C18H19IO2. The zero-order valence-corrected chi connectivity index (χ0v) is 14.4. The van der Waals surface area contributed by atoms with Crippen LogP contribution < -0.4 is 0 Å². The van der Waals surface area contributed by atoms with Crippen LogP contribution in [0.4, 0.5) is 0 Å². The van der Waals surface area contributed by atoms with Gasteiger partial charge in [0.05, 0.1) is 5.56 Å². The fourth-order valence-electron chi connectivity index (χ4n) is 2.13. The summed E-state index contributed by atoms with van der Waals surface area (Å²) in [6.45, 7) is 4.60. The molecule has 0 aliphatic heterocycles. The van der Waals surface area contributed by atoms with Crippen molar-refractivity contribution >= 4 is 28.6 Å². The molecule has 0 heterocycles. The third-order valence-electron chi connectivity index (χ3n) is 3.57. The van der Waals surface area contributed by atoms with Gasteiger partial charge in [-0.25, -0.2) is 4.79 Å². The Kier molecular flexibility index (Phi) is 5.79. The van der Waals surface area contributed by atoms with Crippen molar-refractivity contribution in [2.45, 2.75) is 30.3 Å². The summed E-state index contributed by atoms with van der Waals surface area (Å²) in [6, 6.07) is 17.4. The molecule has 2 unspecified atom stereocenters. The first-order valence-corrected chi connectivity index (χ1v) is 8.28. The molecule has 0 radical (unpaired) electrons. The van der Waals surface area contributed by atoms with E-state index in [1.807, 2.05) is 54.6 Å². The third-order valence-corrected chi connectivity index (χ3v) is 4.65. The van der Waals surface area contributed by atoms with Gasteiger partial charge in [0.25, 0.3) is 0 Å². The maximum absolute atomic E-state index is 12.3. The molecule has 110 valence electrons. The van der Waals surface area contributed by atoms with E-state index in [9.17, 15) is 4.79 Å². The highest BCUT2D eigenvalue weighted by Crippen LogP contribution is 2.27. The first kappa shape index (κ1) is 16.0. The van der Waals surface area contributed by atoms with Crippen molar-refractivity contribution in [2.24, 2.45) is 0 Å². The van der Waals surface area contributed by atoms with Crippen molar-refractivity contribution in [2.75, 3.05) is 0 Å². The number of alkyl halides is 1. The van der Waals surface area contributed by atoms with Crippen molar-refractivity contribution in [3.63, 3.8) is 0 Å². The highest BCUT2D eigenvalue weighted by molar-refractivity contribution is 14.1. The Balaban J connectivity index is 2.12. The predicted octanol–water partition coefficient (Wildman–Crippen LogP) is 4.97. The standard InChI is InChI=1S/C18H19IO2/c1-13(14(2)19)16-10-6-7-11-17(16)18(20)21-12-15-8-4-3-5-9-15/h3-11,13-14H,12H2,1-2H3. The minimum absolute atomic E-state index is 0.252. The Morgan fingerprint density at radius 3 is 2.33 bits per heavy atom. The van der Waals surface area contributed by atoms with Gasteiger partial charge < -0.3 is 4.74 Å². The fourth-order valence-corrected chi connectivity index (χ4v) is 2.52. The number of benzene rings is 2. The van der Waals surface area contributed by atoms with Gasteiger partial charge in [0, 0.05) is 3.92 Å². The van der Waals surface area contributed by atoms with Gasteiger partial charge in [-0.2, -0.15) is 0 Å². The van der Waals surface area contributed by atoms with Crippen molar-refractivity contribution in [1.29, 1.82) is 0 Å². The molecule has 3 heteroatoms. The zero-order chi connectivity index (χ0) is 15.2. The molecule has 0 saturated carbocycles. The van der Waals surface area contributed by atoms with Gasteiger partial charge in [-0.3, -0.25) is 0 Å². The molecule has 0 saturated heterocycles. The number of ether oxygens (including phenoxy) is 1. The van der Waals surface area contributed by atoms with Crippen LogP contribution >= 0.6 is 22.6 Å². The number of carbonyl (C=O) groups excluding carboxylic acids is 1. The average molecular weight is 394 g/mol. The minimum atomic E-state index is -0.252. The van der Waals surface area contributed by atoms with Crippen molar-refractivity contribution < 1.29 is 9.53 Å². The second kappa shape index (κ2) is 7.59. The van der Waals surface area contributed by atoms with Gasteiger partial charge in [-0.15, -0.1) is 0 Å². The SMILES string of the molecule is CC(I)C(C)c1ccccc1C(=O)OCc1ccccc1. The molecule has 21 heavy (non-hydrogen) atoms.